The SMILES string of the molecule is CCc1ccc(N(CC(C)C)S(=O)(=O)c2ccc(N3CCNCC3)c(S(C)(=N)=O)c2)cc1. The molecule has 2 aromatic carbocycles. The van der Waals surface area contributed by atoms with Gasteiger partial charge in [0.05, 0.1) is 30.9 Å². The molecule has 0 bridgehead atoms. The van der Waals surface area contributed by atoms with Gasteiger partial charge in [0, 0.05) is 39.0 Å². The van der Waals surface area contributed by atoms with E-state index in [1.807, 2.05) is 38.1 Å². The number of aryl methyl sites for hydroxylation is 1. The Morgan fingerprint density at radius 2 is 1.69 bits per heavy atom. The highest BCUT2D eigenvalue weighted by atomic mass is 32.2. The second-order valence-electron chi connectivity index (χ2n) is 8.66. The Morgan fingerprint density at radius 1 is 1.06 bits per heavy atom. The predicted octanol–water partition coefficient (Wildman–Crippen LogP) is 3.55. The molecule has 1 heterocycles. The van der Waals surface area contributed by atoms with Crippen LogP contribution in [0.4, 0.5) is 11.4 Å². The lowest BCUT2D eigenvalue weighted by Crippen LogP contribution is -2.44. The zero-order valence-electron chi connectivity index (χ0n) is 19.3. The maximum absolute atomic E-state index is 13.7. The molecule has 9 heteroatoms. The molecule has 1 unspecified atom stereocenters. The van der Waals surface area contributed by atoms with E-state index in [9.17, 15) is 12.6 Å². The molecule has 0 radical (unpaired) electrons. The summed E-state index contributed by atoms with van der Waals surface area (Å²) in [6, 6.07) is 12.3. The van der Waals surface area contributed by atoms with Crippen LogP contribution in [0, 0.1) is 10.7 Å². The van der Waals surface area contributed by atoms with Crippen molar-refractivity contribution >= 4 is 31.1 Å². The van der Waals surface area contributed by atoms with Crippen molar-refractivity contribution in [3.63, 3.8) is 0 Å². The van der Waals surface area contributed by atoms with Crippen molar-refractivity contribution in [3.8, 4) is 0 Å². The van der Waals surface area contributed by atoms with E-state index in [0.717, 1.165) is 38.2 Å². The smallest absolute Gasteiger partial charge is 0.264 e. The van der Waals surface area contributed by atoms with Gasteiger partial charge in [-0.25, -0.2) is 17.4 Å². The Balaban J connectivity index is 2.09. The molecule has 1 aliphatic heterocycles. The van der Waals surface area contributed by atoms with Gasteiger partial charge in [-0.3, -0.25) is 4.31 Å². The van der Waals surface area contributed by atoms with Crippen LogP contribution in [0.3, 0.4) is 0 Å². The van der Waals surface area contributed by atoms with E-state index in [-0.39, 0.29) is 15.7 Å². The molecule has 0 aromatic heterocycles. The highest BCUT2D eigenvalue weighted by Crippen LogP contribution is 2.32. The molecule has 0 saturated carbocycles. The van der Waals surface area contributed by atoms with Crippen molar-refractivity contribution in [1.82, 2.24) is 5.32 Å². The summed E-state index contributed by atoms with van der Waals surface area (Å²) < 4.78 is 50.0. The molecule has 2 aromatic rings. The zero-order valence-corrected chi connectivity index (χ0v) is 20.9. The molecule has 1 aliphatic rings. The Labute approximate surface area is 192 Å². The van der Waals surface area contributed by atoms with Crippen LogP contribution in [0.2, 0.25) is 0 Å². The van der Waals surface area contributed by atoms with E-state index in [2.05, 4.69) is 17.1 Å². The van der Waals surface area contributed by atoms with E-state index in [1.54, 1.807) is 12.1 Å². The average Bonchev–Trinajstić information content (AvgIpc) is 2.77. The molecule has 2 N–H and O–H groups in total. The Bertz CT molecular complexity index is 1140. The second-order valence-corrected chi connectivity index (χ2v) is 12.6. The first kappa shape index (κ1) is 24.5. The number of piperazine rings is 1. The monoisotopic (exact) mass is 478 g/mol. The zero-order chi connectivity index (χ0) is 23.5. The Hall–Kier alpha value is -2.10. The van der Waals surface area contributed by atoms with E-state index >= 15 is 0 Å². The van der Waals surface area contributed by atoms with Crippen LogP contribution in [-0.2, 0) is 26.2 Å². The number of sulfonamides is 1. The van der Waals surface area contributed by atoms with Crippen LogP contribution in [0.15, 0.2) is 52.3 Å². The van der Waals surface area contributed by atoms with Gasteiger partial charge in [0.1, 0.15) is 0 Å². The van der Waals surface area contributed by atoms with Crippen molar-refractivity contribution in [2.45, 2.75) is 37.0 Å². The second kappa shape index (κ2) is 9.80. The summed E-state index contributed by atoms with van der Waals surface area (Å²) in [5.41, 5.74) is 2.42. The fraction of sp³-hybridized carbons (Fsp3) is 0.478. The van der Waals surface area contributed by atoms with Gasteiger partial charge in [-0.1, -0.05) is 32.9 Å². The number of nitrogens with zero attached hydrogens (tertiary/aromatic N) is 2. The minimum atomic E-state index is -3.91. The van der Waals surface area contributed by atoms with E-state index in [0.29, 0.717) is 17.9 Å². The number of rotatable bonds is 8. The lowest BCUT2D eigenvalue weighted by molar-refractivity contribution is 0.576. The largest absolute Gasteiger partial charge is 0.368 e. The number of nitrogens with one attached hydrogen (secondary N) is 2. The summed E-state index contributed by atoms with van der Waals surface area (Å²) in [6.45, 7) is 9.36. The summed E-state index contributed by atoms with van der Waals surface area (Å²) in [6.07, 6.45) is 2.22. The summed E-state index contributed by atoms with van der Waals surface area (Å²) in [5.74, 6) is 0.113. The molecule has 0 amide bonds. The maximum Gasteiger partial charge on any atom is 0.264 e. The van der Waals surface area contributed by atoms with Crippen LogP contribution in [0.5, 0.6) is 0 Å². The lowest BCUT2D eigenvalue weighted by Gasteiger charge is -2.32. The maximum atomic E-state index is 13.7. The normalized spacial score (nSPS) is 16.7. The summed E-state index contributed by atoms with van der Waals surface area (Å²) in [7, 11) is -7.04. The molecule has 3 rings (SSSR count). The molecule has 176 valence electrons. The van der Waals surface area contributed by atoms with Crippen LogP contribution in [0.1, 0.15) is 26.3 Å². The highest BCUT2D eigenvalue weighted by Gasteiger charge is 2.28. The lowest BCUT2D eigenvalue weighted by atomic mass is 10.1. The standard InChI is InChI=1S/C23H34N4O3S2/c1-5-19-6-8-20(9-7-19)27(17-18(2)3)32(29,30)21-10-11-22(23(16-21)31(4,24)28)26-14-12-25-13-15-26/h6-11,16,18,24-25H,5,12-15,17H2,1-4H3. The third kappa shape index (κ3) is 5.44. The molecule has 7 nitrogen and oxygen atoms in total. The van der Waals surface area contributed by atoms with Gasteiger partial charge in [0.15, 0.2) is 0 Å². The van der Waals surface area contributed by atoms with Gasteiger partial charge >= 0.3 is 0 Å². The minimum Gasteiger partial charge on any atom is -0.368 e. The van der Waals surface area contributed by atoms with Crippen LogP contribution in [0.25, 0.3) is 0 Å². The van der Waals surface area contributed by atoms with Crippen molar-refractivity contribution < 1.29 is 12.6 Å². The predicted molar refractivity (Wildman–Crippen MR) is 132 cm³/mol. The fourth-order valence-electron chi connectivity index (χ4n) is 3.83. The topological polar surface area (TPSA) is 93.6 Å². The number of hydrogen-bond acceptors (Lipinski definition) is 6. The van der Waals surface area contributed by atoms with Gasteiger partial charge in [-0.05, 0) is 48.2 Å². The van der Waals surface area contributed by atoms with E-state index < -0.39 is 19.8 Å². The Morgan fingerprint density at radius 3 is 2.22 bits per heavy atom. The minimum absolute atomic E-state index is 0.0634. The van der Waals surface area contributed by atoms with Gasteiger partial charge < -0.3 is 10.2 Å². The summed E-state index contributed by atoms with van der Waals surface area (Å²) in [5, 5.41) is 3.28. The molecule has 32 heavy (non-hydrogen) atoms. The van der Waals surface area contributed by atoms with Gasteiger partial charge in [-0.2, -0.15) is 0 Å². The molecule has 0 aliphatic carbocycles. The third-order valence-corrected chi connectivity index (χ3v) is 8.52. The number of hydrogen-bond donors (Lipinski definition) is 2. The molecular formula is C23H34N4O3S2. The third-order valence-electron chi connectivity index (χ3n) is 5.56. The van der Waals surface area contributed by atoms with E-state index in [4.69, 9.17) is 4.78 Å². The highest BCUT2D eigenvalue weighted by molar-refractivity contribution is 7.93. The molecule has 1 fully saturated rings. The van der Waals surface area contributed by atoms with E-state index in [1.165, 1.54) is 16.6 Å². The summed E-state index contributed by atoms with van der Waals surface area (Å²) in [4.78, 5) is 2.40. The van der Waals surface area contributed by atoms with Crippen LogP contribution >= 0.6 is 0 Å². The number of benzene rings is 2. The summed E-state index contributed by atoms with van der Waals surface area (Å²) >= 11 is 0. The Kier molecular flexibility index (Phi) is 7.52. The van der Waals surface area contributed by atoms with Gasteiger partial charge in [0.2, 0.25) is 0 Å². The molecule has 1 atom stereocenters. The quantitative estimate of drug-likeness (QED) is 0.605. The van der Waals surface area contributed by atoms with Crippen molar-refractivity contribution in [2.24, 2.45) is 5.92 Å². The van der Waals surface area contributed by atoms with Crippen LogP contribution < -0.4 is 14.5 Å². The van der Waals surface area contributed by atoms with Crippen LogP contribution in [-0.4, -0.2) is 51.6 Å². The molecular weight excluding hydrogens is 444 g/mol. The van der Waals surface area contributed by atoms with Crippen molar-refractivity contribution in [2.75, 3.05) is 48.2 Å². The number of anilines is 2. The van der Waals surface area contributed by atoms with Gasteiger partial charge in [-0.15, -0.1) is 0 Å². The van der Waals surface area contributed by atoms with Crippen molar-refractivity contribution in [1.29, 1.82) is 4.78 Å². The average molecular weight is 479 g/mol. The first-order valence-electron chi connectivity index (χ1n) is 11.0. The first-order chi connectivity index (χ1) is 15.0. The molecule has 1 saturated heterocycles. The first-order valence-corrected chi connectivity index (χ1v) is 14.4. The van der Waals surface area contributed by atoms with Gasteiger partial charge in [0.25, 0.3) is 10.0 Å². The fourth-order valence-corrected chi connectivity index (χ4v) is 6.51. The molecule has 0 spiro atoms. The van der Waals surface area contributed by atoms with Crippen molar-refractivity contribution in [3.05, 3.63) is 48.0 Å².